The van der Waals surface area contributed by atoms with Gasteiger partial charge in [0.15, 0.2) is 11.6 Å². The molecule has 2 fully saturated rings. The van der Waals surface area contributed by atoms with Gasteiger partial charge in [0.2, 0.25) is 4.73 Å². The highest BCUT2D eigenvalue weighted by Crippen LogP contribution is 2.45. The van der Waals surface area contributed by atoms with Gasteiger partial charge in [-0.25, -0.2) is 9.36 Å². The van der Waals surface area contributed by atoms with Crippen LogP contribution in [0.25, 0.3) is 0 Å². The molecule has 2 bridgehead atoms. The van der Waals surface area contributed by atoms with E-state index in [1.54, 1.807) is 11.6 Å². The number of nitrogens with zero attached hydrogens (tertiary/aromatic N) is 9. The Hall–Kier alpha value is -4.10. The predicted octanol–water partition coefficient (Wildman–Crippen LogP) is 10.8. The first-order chi connectivity index (χ1) is 26.3. The molecule has 0 amide bonds. The summed E-state index contributed by atoms with van der Waals surface area (Å²) >= 11 is 14.4. The standard InChI is InChI=1S/C23H26ClF3N6O2.C12H10BrClF3N3O/c1-12(2)33-22(34-16-6-7-19(24)18(8-16)23(25,26)27)29-20(30-33)9-17-14-4-5-15(17)11-32(10-14)21-28-13(3)31-35-21;1-6(2)20-11(18-10(13)19-20)21-7-3-4-9(14)8(5-7)12(15,16)17/h6-8,12,14-15,17H,4-5,9-11H2,1-3H3;3-6H,1-2H3/t14-,15+,17?;. The Morgan fingerprint density at radius 1 is 0.786 bits per heavy atom. The van der Waals surface area contributed by atoms with Crippen LogP contribution in [-0.2, 0) is 18.8 Å². The molecule has 1 saturated heterocycles. The quantitative estimate of drug-likeness (QED) is 0.132. The van der Waals surface area contributed by atoms with E-state index in [-0.39, 0.29) is 50.4 Å². The summed E-state index contributed by atoms with van der Waals surface area (Å²) in [5.41, 5.74) is -1.91. The van der Waals surface area contributed by atoms with Crippen LogP contribution in [0.5, 0.6) is 23.5 Å². The number of anilines is 1. The van der Waals surface area contributed by atoms with Crippen LogP contribution in [0.15, 0.2) is 45.7 Å². The zero-order chi connectivity index (χ0) is 40.7. The average Bonchev–Trinajstić information content (AvgIpc) is 3.87. The molecule has 21 heteroatoms. The number of piperidine rings is 1. The molecule has 1 aliphatic carbocycles. The van der Waals surface area contributed by atoms with Gasteiger partial charge in [-0.15, -0.1) is 5.10 Å². The average molecular weight is 896 g/mol. The molecule has 12 nitrogen and oxygen atoms in total. The molecule has 0 spiro atoms. The highest BCUT2D eigenvalue weighted by Gasteiger charge is 2.44. The SMILES string of the molecule is CC(C)n1nc(Br)nc1Oc1ccc(Cl)c(C(F)(F)F)c1.Cc1noc(N2C[C@H]3CC[C@@H](C2)C3Cc2nc(Oc3ccc(Cl)c(C(F)(F)F)c3)n(C(C)C)n2)n1. The highest BCUT2D eigenvalue weighted by atomic mass is 79.9. The van der Waals surface area contributed by atoms with Crippen molar-refractivity contribution in [1.82, 2.24) is 39.7 Å². The molecule has 1 aliphatic heterocycles. The number of benzene rings is 2. The van der Waals surface area contributed by atoms with Gasteiger partial charge in [0.25, 0.3) is 0 Å². The van der Waals surface area contributed by atoms with Crippen molar-refractivity contribution in [2.24, 2.45) is 17.8 Å². The van der Waals surface area contributed by atoms with E-state index in [0.717, 1.165) is 44.1 Å². The number of alkyl halides is 6. The third kappa shape index (κ3) is 9.53. The normalized spacial score (nSPS) is 18.4. The zero-order valence-electron chi connectivity index (χ0n) is 30.5. The highest BCUT2D eigenvalue weighted by molar-refractivity contribution is 9.10. The molecule has 3 atom stereocenters. The summed E-state index contributed by atoms with van der Waals surface area (Å²) in [4.78, 5) is 15.1. The molecular weight excluding hydrogens is 859 g/mol. The Kier molecular flexibility index (Phi) is 12.2. The molecule has 4 heterocycles. The summed E-state index contributed by atoms with van der Waals surface area (Å²) in [7, 11) is 0. The Balaban J connectivity index is 0.000000217. The largest absolute Gasteiger partial charge is 0.424 e. The van der Waals surface area contributed by atoms with E-state index >= 15 is 0 Å². The van der Waals surface area contributed by atoms with E-state index in [4.69, 9.17) is 37.2 Å². The Bertz CT molecular complexity index is 2140. The lowest BCUT2D eigenvalue weighted by Crippen LogP contribution is -2.43. The van der Waals surface area contributed by atoms with Gasteiger partial charge in [-0.05, 0) is 118 Å². The lowest BCUT2D eigenvalue weighted by molar-refractivity contribution is -0.138. The first-order valence-electron chi connectivity index (χ1n) is 17.5. The van der Waals surface area contributed by atoms with Crippen molar-refractivity contribution in [2.45, 2.75) is 78.3 Å². The van der Waals surface area contributed by atoms with Crippen molar-refractivity contribution in [3.63, 3.8) is 0 Å². The van der Waals surface area contributed by atoms with Crippen molar-refractivity contribution < 1.29 is 40.3 Å². The van der Waals surface area contributed by atoms with E-state index < -0.39 is 23.5 Å². The minimum absolute atomic E-state index is 0.00537. The van der Waals surface area contributed by atoms with E-state index in [0.29, 0.717) is 41.8 Å². The number of hydrogen-bond donors (Lipinski definition) is 0. The molecular formula is C35H36BrCl2F6N9O3. The fourth-order valence-electron chi connectivity index (χ4n) is 6.76. The van der Waals surface area contributed by atoms with Gasteiger partial charge in [-0.1, -0.05) is 28.4 Å². The van der Waals surface area contributed by atoms with E-state index in [1.807, 2.05) is 27.7 Å². The first-order valence-corrected chi connectivity index (χ1v) is 19.0. The summed E-state index contributed by atoms with van der Waals surface area (Å²) < 4.78 is 98.1. The van der Waals surface area contributed by atoms with Crippen molar-refractivity contribution >= 4 is 45.1 Å². The molecule has 1 unspecified atom stereocenters. The summed E-state index contributed by atoms with van der Waals surface area (Å²) in [6, 6.07) is 7.43. The van der Waals surface area contributed by atoms with Crippen LogP contribution < -0.4 is 14.4 Å². The van der Waals surface area contributed by atoms with Gasteiger partial charge < -0.3 is 18.9 Å². The van der Waals surface area contributed by atoms with Gasteiger partial charge in [0, 0.05) is 19.5 Å². The van der Waals surface area contributed by atoms with Crippen LogP contribution >= 0.6 is 39.1 Å². The Labute approximate surface area is 335 Å². The fraction of sp³-hybridized carbons (Fsp3) is 0.486. The van der Waals surface area contributed by atoms with E-state index in [1.165, 1.54) is 22.9 Å². The molecule has 2 aliphatic rings. The second kappa shape index (κ2) is 16.4. The number of fused-ring (bicyclic) bond motifs is 2. The second-order valence-corrected chi connectivity index (χ2v) is 15.6. The summed E-state index contributed by atoms with van der Waals surface area (Å²) in [5, 5.41) is 11.8. The minimum atomic E-state index is -4.58. The molecule has 56 heavy (non-hydrogen) atoms. The summed E-state index contributed by atoms with van der Waals surface area (Å²) in [5.74, 6) is 2.53. The smallest absolute Gasteiger partial charge is 0.417 e. The number of aromatic nitrogens is 8. The van der Waals surface area contributed by atoms with Gasteiger partial charge in [-0.3, -0.25) is 0 Å². The second-order valence-electron chi connectivity index (χ2n) is 14.0. The molecule has 0 N–H and O–H groups in total. The molecule has 1 saturated carbocycles. The van der Waals surface area contributed by atoms with Crippen molar-refractivity contribution in [3.8, 4) is 23.5 Å². The number of rotatable bonds is 9. The first kappa shape index (κ1) is 41.5. The van der Waals surface area contributed by atoms with Crippen molar-refractivity contribution in [2.75, 3.05) is 18.0 Å². The van der Waals surface area contributed by atoms with Crippen LogP contribution in [0.2, 0.25) is 10.0 Å². The maximum atomic E-state index is 13.3. The number of hydrogen-bond acceptors (Lipinski definition) is 10. The zero-order valence-corrected chi connectivity index (χ0v) is 33.6. The summed E-state index contributed by atoms with van der Waals surface area (Å²) in [6.07, 6.45) is -6.24. The van der Waals surface area contributed by atoms with Crippen LogP contribution in [0, 0.1) is 24.7 Å². The predicted molar refractivity (Wildman–Crippen MR) is 196 cm³/mol. The number of aryl methyl sites for hydroxylation is 1. The monoisotopic (exact) mass is 893 g/mol. The minimum Gasteiger partial charge on any atom is -0.424 e. The molecule has 2 aromatic carbocycles. The topological polar surface area (TPSA) is 122 Å². The lowest BCUT2D eigenvalue weighted by Gasteiger charge is -2.36. The van der Waals surface area contributed by atoms with E-state index in [2.05, 4.69) is 51.1 Å². The molecule has 3 aromatic heterocycles. The Morgan fingerprint density at radius 3 is 1.75 bits per heavy atom. The van der Waals surface area contributed by atoms with Gasteiger partial charge in [0.1, 0.15) is 11.5 Å². The molecule has 7 rings (SSSR count). The third-order valence-electron chi connectivity index (χ3n) is 9.34. The van der Waals surface area contributed by atoms with Gasteiger partial charge in [-0.2, -0.15) is 46.4 Å². The summed E-state index contributed by atoms with van der Waals surface area (Å²) in [6.45, 7) is 11.0. The fourth-order valence-corrected chi connectivity index (χ4v) is 7.54. The van der Waals surface area contributed by atoms with Gasteiger partial charge >= 0.3 is 30.4 Å². The Morgan fingerprint density at radius 2 is 1.29 bits per heavy atom. The number of halogens is 9. The van der Waals surface area contributed by atoms with E-state index in [9.17, 15) is 26.3 Å². The maximum absolute atomic E-state index is 13.3. The van der Waals surface area contributed by atoms with Crippen molar-refractivity contribution in [1.29, 1.82) is 0 Å². The van der Waals surface area contributed by atoms with Crippen LogP contribution in [0.1, 0.15) is 75.4 Å². The lowest BCUT2D eigenvalue weighted by atomic mass is 9.82. The van der Waals surface area contributed by atoms with Crippen LogP contribution in [0.4, 0.5) is 32.4 Å². The van der Waals surface area contributed by atoms with Crippen molar-refractivity contribution in [3.05, 3.63) is 74.0 Å². The molecule has 0 radical (unpaired) electrons. The molecule has 302 valence electrons. The van der Waals surface area contributed by atoms with Crippen LogP contribution in [0.3, 0.4) is 0 Å². The van der Waals surface area contributed by atoms with Gasteiger partial charge in [0.05, 0.1) is 33.3 Å². The number of ether oxygens (including phenoxy) is 2. The molecule has 5 aromatic rings. The third-order valence-corrected chi connectivity index (χ3v) is 10.3. The maximum Gasteiger partial charge on any atom is 0.417 e. The van der Waals surface area contributed by atoms with Crippen LogP contribution in [-0.4, -0.2) is 52.8 Å².